The van der Waals surface area contributed by atoms with Gasteiger partial charge in [0.25, 0.3) is 0 Å². The van der Waals surface area contributed by atoms with Crippen molar-refractivity contribution in [2.75, 3.05) is 0 Å². The van der Waals surface area contributed by atoms with Gasteiger partial charge in [-0.3, -0.25) is 0 Å². The highest BCUT2D eigenvalue weighted by atomic mass is 79.9. The third kappa shape index (κ3) is 3.64. The van der Waals surface area contributed by atoms with E-state index in [-0.39, 0.29) is 5.75 Å². The first-order chi connectivity index (χ1) is 5.88. The molecule has 0 heterocycles. The number of nitrogens with two attached hydrogens (primary N) is 1. The lowest BCUT2D eigenvalue weighted by atomic mass is 10.2. The number of hydrogen-bond donors (Lipinski definition) is 1. The van der Waals surface area contributed by atoms with Gasteiger partial charge < -0.3 is 0 Å². The van der Waals surface area contributed by atoms with Crippen molar-refractivity contribution in [3.05, 3.63) is 33.3 Å². The predicted octanol–water partition coefficient (Wildman–Crippen LogP) is 1.89. The molecule has 72 valence electrons. The minimum atomic E-state index is -3.47. The Hall–Kier alpha value is -0.100. The largest absolute Gasteiger partial charge is 0.228 e. The molecule has 0 bridgehead atoms. The fraction of sp³-hybridized carbons (Fsp3) is 0.143. The molecular formula is C7H7BrClNO2S. The van der Waals surface area contributed by atoms with Gasteiger partial charge in [0, 0.05) is 4.47 Å². The van der Waals surface area contributed by atoms with E-state index in [2.05, 4.69) is 15.9 Å². The van der Waals surface area contributed by atoms with E-state index in [0.29, 0.717) is 15.1 Å². The smallest absolute Gasteiger partial charge is 0.213 e. The second-order valence-corrected chi connectivity index (χ2v) is 5.43. The third-order valence-corrected chi connectivity index (χ3v) is 3.30. The van der Waals surface area contributed by atoms with E-state index >= 15 is 0 Å². The lowest BCUT2D eigenvalue weighted by molar-refractivity contribution is 0.597. The van der Waals surface area contributed by atoms with Crippen LogP contribution in [0.25, 0.3) is 0 Å². The molecule has 0 atom stereocenters. The second kappa shape index (κ2) is 3.96. The van der Waals surface area contributed by atoms with Crippen LogP contribution in [-0.2, 0) is 15.8 Å². The summed E-state index contributed by atoms with van der Waals surface area (Å²) < 4.78 is 22.1. The number of halogens is 2. The Morgan fingerprint density at radius 1 is 1.46 bits per heavy atom. The summed E-state index contributed by atoms with van der Waals surface area (Å²) in [7, 11) is -3.47. The summed E-state index contributed by atoms with van der Waals surface area (Å²) in [5.41, 5.74) is 0.610. The molecule has 0 unspecified atom stereocenters. The highest BCUT2D eigenvalue weighted by molar-refractivity contribution is 9.10. The minimum absolute atomic E-state index is 0.178. The topological polar surface area (TPSA) is 60.2 Å². The van der Waals surface area contributed by atoms with E-state index in [4.69, 9.17) is 16.7 Å². The van der Waals surface area contributed by atoms with E-state index in [1.807, 2.05) is 0 Å². The van der Waals surface area contributed by atoms with Crippen molar-refractivity contribution >= 4 is 37.6 Å². The highest BCUT2D eigenvalue weighted by Crippen LogP contribution is 2.23. The number of benzene rings is 1. The van der Waals surface area contributed by atoms with Crippen LogP contribution in [0.2, 0.25) is 5.02 Å². The van der Waals surface area contributed by atoms with Crippen molar-refractivity contribution in [3.8, 4) is 0 Å². The van der Waals surface area contributed by atoms with Crippen LogP contribution >= 0.6 is 27.5 Å². The maximum atomic E-state index is 10.7. The van der Waals surface area contributed by atoms with E-state index in [1.165, 1.54) is 0 Å². The van der Waals surface area contributed by atoms with E-state index < -0.39 is 10.0 Å². The lowest BCUT2D eigenvalue weighted by Gasteiger charge is -2.01. The van der Waals surface area contributed by atoms with Crippen molar-refractivity contribution in [1.82, 2.24) is 0 Å². The van der Waals surface area contributed by atoms with Gasteiger partial charge >= 0.3 is 0 Å². The summed E-state index contributed by atoms with van der Waals surface area (Å²) in [5, 5.41) is 5.42. The van der Waals surface area contributed by atoms with Gasteiger partial charge in [-0.05, 0) is 33.6 Å². The molecule has 3 nitrogen and oxygen atoms in total. The second-order valence-electron chi connectivity index (χ2n) is 2.56. The van der Waals surface area contributed by atoms with Gasteiger partial charge in [0.2, 0.25) is 10.0 Å². The molecule has 0 spiro atoms. The van der Waals surface area contributed by atoms with Crippen molar-refractivity contribution in [1.29, 1.82) is 0 Å². The van der Waals surface area contributed by atoms with Crippen LogP contribution in [0.5, 0.6) is 0 Å². The van der Waals surface area contributed by atoms with Gasteiger partial charge in [0.05, 0.1) is 10.8 Å². The maximum absolute atomic E-state index is 10.7. The average molecular weight is 285 g/mol. The zero-order chi connectivity index (χ0) is 10.1. The molecule has 6 heteroatoms. The molecule has 0 aliphatic heterocycles. The number of hydrogen-bond acceptors (Lipinski definition) is 2. The fourth-order valence-electron chi connectivity index (χ4n) is 0.862. The molecule has 0 saturated carbocycles. The van der Waals surface area contributed by atoms with Crippen LogP contribution in [0.15, 0.2) is 22.7 Å². The maximum Gasteiger partial charge on any atom is 0.213 e. The van der Waals surface area contributed by atoms with Crippen LogP contribution in [0.3, 0.4) is 0 Å². The van der Waals surface area contributed by atoms with Gasteiger partial charge in [0.15, 0.2) is 0 Å². The molecule has 0 saturated heterocycles. The summed E-state index contributed by atoms with van der Waals surface area (Å²) in [4.78, 5) is 0. The molecule has 13 heavy (non-hydrogen) atoms. The molecule has 0 aliphatic rings. The average Bonchev–Trinajstić information content (AvgIpc) is 1.94. The predicted molar refractivity (Wildman–Crippen MR) is 56.0 cm³/mol. The van der Waals surface area contributed by atoms with Gasteiger partial charge in [-0.25, -0.2) is 13.6 Å². The molecule has 1 aromatic rings. The fourth-order valence-corrected chi connectivity index (χ4v) is 2.05. The van der Waals surface area contributed by atoms with E-state index in [9.17, 15) is 8.42 Å². The Labute approximate surface area is 90.1 Å². The SMILES string of the molecule is NS(=O)(=O)Cc1ccc(Cl)c(Br)c1. The lowest BCUT2D eigenvalue weighted by Crippen LogP contribution is -2.14. The van der Waals surface area contributed by atoms with Crippen LogP contribution in [-0.4, -0.2) is 8.42 Å². The van der Waals surface area contributed by atoms with E-state index in [0.717, 1.165) is 0 Å². The Balaban J connectivity index is 2.99. The van der Waals surface area contributed by atoms with Crippen molar-refractivity contribution in [3.63, 3.8) is 0 Å². The first kappa shape index (κ1) is 11.0. The first-order valence-corrected chi connectivity index (χ1v) is 6.21. The van der Waals surface area contributed by atoms with Gasteiger partial charge in [0.1, 0.15) is 0 Å². The van der Waals surface area contributed by atoms with Crippen LogP contribution in [0.4, 0.5) is 0 Å². The van der Waals surface area contributed by atoms with Crippen LogP contribution < -0.4 is 5.14 Å². The quantitative estimate of drug-likeness (QED) is 0.901. The summed E-state index contributed by atoms with van der Waals surface area (Å²) in [6.45, 7) is 0. The van der Waals surface area contributed by atoms with Gasteiger partial charge in [-0.2, -0.15) is 0 Å². The zero-order valence-corrected chi connectivity index (χ0v) is 9.66. The molecule has 0 aromatic heterocycles. The summed E-state index contributed by atoms with van der Waals surface area (Å²) >= 11 is 8.91. The summed E-state index contributed by atoms with van der Waals surface area (Å²) in [5.74, 6) is -0.178. The highest BCUT2D eigenvalue weighted by Gasteiger charge is 2.06. The molecule has 0 aliphatic carbocycles. The number of primary sulfonamides is 1. The van der Waals surface area contributed by atoms with Gasteiger partial charge in [-0.1, -0.05) is 17.7 Å². The molecule has 1 rings (SSSR count). The first-order valence-electron chi connectivity index (χ1n) is 3.33. The van der Waals surface area contributed by atoms with Crippen LogP contribution in [0, 0.1) is 0 Å². The standard InChI is InChI=1S/C7H7BrClNO2S/c8-6-3-5(1-2-7(6)9)4-13(10,11)12/h1-3H,4H2,(H2,10,11,12). The molecule has 1 aromatic carbocycles. The van der Waals surface area contributed by atoms with Crippen molar-refractivity contribution in [2.24, 2.45) is 5.14 Å². The third-order valence-electron chi connectivity index (χ3n) is 1.35. The number of sulfonamides is 1. The Morgan fingerprint density at radius 3 is 2.54 bits per heavy atom. The Bertz CT molecular complexity index is 419. The molecule has 0 fully saturated rings. The monoisotopic (exact) mass is 283 g/mol. The van der Waals surface area contributed by atoms with Crippen LogP contribution in [0.1, 0.15) is 5.56 Å². The normalized spacial score (nSPS) is 11.6. The number of rotatable bonds is 2. The molecular weight excluding hydrogens is 278 g/mol. The molecule has 0 amide bonds. The zero-order valence-electron chi connectivity index (χ0n) is 6.50. The molecule has 0 radical (unpaired) electrons. The Morgan fingerprint density at radius 2 is 2.08 bits per heavy atom. The van der Waals surface area contributed by atoms with E-state index in [1.54, 1.807) is 18.2 Å². The molecule has 2 N–H and O–H groups in total. The Kier molecular flexibility index (Phi) is 3.34. The van der Waals surface area contributed by atoms with Gasteiger partial charge in [-0.15, -0.1) is 0 Å². The minimum Gasteiger partial charge on any atom is -0.228 e. The summed E-state index contributed by atoms with van der Waals surface area (Å²) in [6, 6.07) is 4.87. The summed E-state index contributed by atoms with van der Waals surface area (Å²) in [6.07, 6.45) is 0. The van der Waals surface area contributed by atoms with Crippen molar-refractivity contribution in [2.45, 2.75) is 5.75 Å². The van der Waals surface area contributed by atoms with Crippen molar-refractivity contribution < 1.29 is 8.42 Å².